The van der Waals surface area contributed by atoms with E-state index in [-0.39, 0.29) is 10.6 Å². The van der Waals surface area contributed by atoms with E-state index >= 15 is 0 Å². The van der Waals surface area contributed by atoms with Gasteiger partial charge in [-0.25, -0.2) is 8.42 Å². The van der Waals surface area contributed by atoms with Crippen molar-refractivity contribution in [2.75, 3.05) is 17.3 Å². The van der Waals surface area contributed by atoms with E-state index in [1.54, 1.807) is 18.2 Å². The summed E-state index contributed by atoms with van der Waals surface area (Å²) >= 11 is 0. The Balaban J connectivity index is 2.52. The van der Waals surface area contributed by atoms with Gasteiger partial charge in [-0.2, -0.15) is 5.26 Å². The molecule has 108 valence electrons. The Labute approximate surface area is 123 Å². The molecule has 0 atom stereocenters. The number of para-hydroxylation sites is 1. The van der Waals surface area contributed by atoms with Gasteiger partial charge in [-0.15, -0.1) is 0 Å². The van der Waals surface area contributed by atoms with E-state index in [1.807, 2.05) is 19.1 Å². The van der Waals surface area contributed by atoms with Gasteiger partial charge in [-0.05, 0) is 30.7 Å². The number of nitrogens with one attached hydrogen (secondary N) is 1. The van der Waals surface area contributed by atoms with Gasteiger partial charge in [0.05, 0.1) is 27.5 Å². The lowest BCUT2D eigenvalue weighted by atomic mass is 10.1. The van der Waals surface area contributed by atoms with Crippen LogP contribution < -0.4 is 11.1 Å². The third-order valence-corrected chi connectivity index (χ3v) is 4.27. The van der Waals surface area contributed by atoms with Gasteiger partial charge in [-0.3, -0.25) is 0 Å². The Hall–Kier alpha value is -2.52. The van der Waals surface area contributed by atoms with Crippen molar-refractivity contribution in [1.29, 1.82) is 5.26 Å². The predicted molar refractivity (Wildman–Crippen MR) is 83.1 cm³/mol. The van der Waals surface area contributed by atoms with Gasteiger partial charge in [0.2, 0.25) is 0 Å². The molecule has 2 rings (SSSR count). The number of nitriles is 1. The van der Waals surface area contributed by atoms with Crippen molar-refractivity contribution in [1.82, 2.24) is 0 Å². The van der Waals surface area contributed by atoms with Crippen LogP contribution in [-0.4, -0.2) is 14.7 Å². The third-order valence-electron chi connectivity index (χ3n) is 3.12. The van der Waals surface area contributed by atoms with E-state index in [9.17, 15) is 13.7 Å². The molecule has 0 aliphatic heterocycles. The number of nitrogens with zero attached hydrogens (tertiary/aromatic N) is 1. The minimum atomic E-state index is -3.40. The van der Waals surface area contributed by atoms with Gasteiger partial charge in [0.15, 0.2) is 9.84 Å². The smallest absolute Gasteiger partial charge is 0.177 e. The van der Waals surface area contributed by atoms with E-state index in [0.717, 1.165) is 11.8 Å². The minimum absolute atomic E-state index is 0.0682. The lowest BCUT2D eigenvalue weighted by Crippen LogP contribution is -2.06. The zero-order chi connectivity index (χ0) is 15.6. The van der Waals surface area contributed by atoms with Crippen LogP contribution in [0.4, 0.5) is 17.1 Å². The summed E-state index contributed by atoms with van der Waals surface area (Å²) in [5, 5.41) is 12.2. The molecule has 3 N–H and O–H groups in total. The first-order chi connectivity index (χ1) is 9.84. The fourth-order valence-electron chi connectivity index (χ4n) is 2.04. The Morgan fingerprint density at radius 1 is 1.14 bits per heavy atom. The van der Waals surface area contributed by atoms with Gasteiger partial charge >= 0.3 is 0 Å². The molecule has 0 aliphatic carbocycles. The van der Waals surface area contributed by atoms with Crippen molar-refractivity contribution in [2.24, 2.45) is 0 Å². The van der Waals surface area contributed by atoms with Gasteiger partial charge in [0.25, 0.3) is 0 Å². The van der Waals surface area contributed by atoms with Crippen molar-refractivity contribution in [3.8, 4) is 6.07 Å². The molecule has 2 aromatic carbocycles. The first-order valence-electron chi connectivity index (χ1n) is 6.20. The zero-order valence-electron chi connectivity index (χ0n) is 11.7. The molecule has 0 fully saturated rings. The highest BCUT2D eigenvalue weighted by atomic mass is 32.2. The quantitative estimate of drug-likeness (QED) is 0.849. The molecule has 0 unspecified atom stereocenters. The van der Waals surface area contributed by atoms with Gasteiger partial charge in [0.1, 0.15) is 6.07 Å². The highest BCUT2D eigenvalue weighted by molar-refractivity contribution is 7.90. The standard InChI is InChI=1S/C15H15N3O2S/c1-10-5-3-6-12(11(10)9-16)18-13-7-4-8-14(15(13)17)21(2,19)20/h3-8,18H,17H2,1-2H3. The molecule has 0 bridgehead atoms. The Bertz CT molecular complexity index is 836. The average molecular weight is 301 g/mol. The maximum atomic E-state index is 11.7. The highest BCUT2D eigenvalue weighted by Crippen LogP contribution is 2.30. The van der Waals surface area contributed by atoms with Crippen LogP contribution in [0.2, 0.25) is 0 Å². The van der Waals surface area contributed by atoms with Crippen LogP contribution in [0, 0.1) is 18.3 Å². The summed E-state index contributed by atoms with van der Waals surface area (Å²) in [6, 6.07) is 12.3. The number of aryl methyl sites for hydroxylation is 1. The molecule has 21 heavy (non-hydrogen) atoms. The van der Waals surface area contributed by atoms with E-state index in [0.29, 0.717) is 16.9 Å². The van der Waals surface area contributed by atoms with Gasteiger partial charge < -0.3 is 11.1 Å². The van der Waals surface area contributed by atoms with Crippen molar-refractivity contribution in [3.05, 3.63) is 47.5 Å². The van der Waals surface area contributed by atoms with Crippen molar-refractivity contribution in [3.63, 3.8) is 0 Å². The number of hydrogen-bond acceptors (Lipinski definition) is 5. The average Bonchev–Trinajstić information content (AvgIpc) is 2.40. The van der Waals surface area contributed by atoms with Crippen LogP contribution in [-0.2, 0) is 9.84 Å². The molecule has 0 amide bonds. The van der Waals surface area contributed by atoms with Crippen LogP contribution in [0.3, 0.4) is 0 Å². The number of benzene rings is 2. The molecule has 0 spiro atoms. The molecule has 0 heterocycles. The van der Waals surface area contributed by atoms with Crippen molar-refractivity contribution >= 4 is 26.9 Å². The number of hydrogen-bond donors (Lipinski definition) is 2. The fraction of sp³-hybridized carbons (Fsp3) is 0.133. The SMILES string of the molecule is Cc1cccc(Nc2cccc(S(C)(=O)=O)c2N)c1C#N. The zero-order valence-corrected chi connectivity index (χ0v) is 12.5. The van der Waals surface area contributed by atoms with Crippen molar-refractivity contribution < 1.29 is 8.42 Å². The molecule has 0 aliphatic rings. The van der Waals surface area contributed by atoms with Crippen LogP contribution in [0.1, 0.15) is 11.1 Å². The number of anilines is 3. The summed E-state index contributed by atoms with van der Waals surface area (Å²) < 4.78 is 23.4. The second kappa shape index (κ2) is 5.46. The van der Waals surface area contributed by atoms with Crippen LogP contribution in [0.25, 0.3) is 0 Å². The second-order valence-corrected chi connectivity index (χ2v) is 6.71. The number of nitrogens with two attached hydrogens (primary N) is 1. The minimum Gasteiger partial charge on any atom is -0.396 e. The van der Waals surface area contributed by atoms with Gasteiger partial charge in [-0.1, -0.05) is 18.2 Å². The summed E-state index contributed by atoms with van der Waals surface area (Å²) in [7, 11) is -3.40. The van der Waals surface area contributed by atoms with E-state index in [4.69, 9.17) is 5.73 Å². The molecule has 0 radical (unpaired) electrons. The van der Waals surface area contributed by atoms with E-state index in [1.165, 1.54) is 6.07 Å². The molecule has 5 nitrogen and oxygen atoms in total. The first-order valence-corrected chi connectivity index (χ1v) is 8.09. The summed E-state index contributed by atoms with van der Waals surface area (Å²) in [6.07, 6.45) is 1.11. The summed E-state index contributed by atoms with van der Waals surface area (Å²) in [5.41, 5.74) is 8.45. The number of rotatable bonds is 3. The lowest BCUT2D eigenvalue weighted by Gasteiger charge is -2.14. The second-order valence-electron chi connectivity index (χ2n) is 4.72. The summed E-state index contributed by atoms with van der Waals surface area (Å²) in [6.45, 7) is 1.83. The van der Waals surface area contributed by atoms with Crippen molar-refractivity contribution in [2.45, 2.75) is 11.8 Å². The molecule has 0 saturated heterocycles. The molecule has 0 saturated carbocycles. The maximum Gasteiger partial charge on any atom is 0.177 e. The topological polar surface area (TPSA) is 96.0 Å². The molecule has 0 aromatic heterocycles. The van der Waals surface area contributed by atoms with E-state index < -0.39 is 9.84 Å². The molecule has 6 heteroatoms. The molecular formula is C15H15N3O2S. The predicted octanol–water partition coefficient (Wildman–Crippen LogP) is 2.60. The number of nitrogen functional groups attached to an aromatic ring is 1. The lowest BCUT2D eigenvalue weighted by molar-refractivity contribution is 0.602. The van der Waals surface area contributed by atoms with Crippen LogP contribution >= 0.6 is 0 Å². The molecular weight excluding hydrogens is 286 g/mol. The fourth-order valence-corrected chi connectivity index (χ4v) is 2.88. The number of sulfone groups is 1. The Morgan fingerprint density at radius 3 is 2.38 bits per heavy atom. The maximum absolute atomic E-state index is 11.7. The van der Waals surface area contributed by atoms with Crippen LogP contribution in [0.5, 0.6) is 0 Å². The monoisotopic (exact) mass is 301 g/mol. The largest absolute Gasteiger partial charge is 0.396 e. The third kappa shape index (κ3) is 2.98. The highest BCUT2D eigenvalue weighted by Gasteiger charge is 2.15. The van der Waals surface area contributed by atoms with Gasteiger partial charge in [0, 0.05) is 6.26 Å². The first kappa shape index (κ1) is 14.9. The Morgan fingerprint density at radius 2 is 1.76 bits per heavy atom. The normalized spacial score (nSPS) is 10.9. The molecule has 2 aromatic rings. The summed E-state index contributed by atoms with van der Waals surface area (Å²) in [5.74, 6) is 0. The van der Waals surface area contributed by atoms with E-state index in [2.05, 4.69) is 11.4 Å². The Kier molecular flexibility index (Phi) is 3.87. The van der Waals surface area contributed by atoms with Crippen LogP contribution in [0.15, 0.2) is 41.3 Å². The summed E-state index contributed by atoms with van der Waals surface area (Å²) in [4.78, 5) is 0.0682.